The van der Waals surface area contributed by atoms with Crippen LogP contribution in [0, 0.1) is 12.7 Å². The van der Waals surface area contributed by atoms with Crippen molar-refractivity contribution in [2.24, 2.45) is 0 Å². The number of benzene rings is 1. The molecule has 1 saturated heterocycles. The van der Waals surface area contributed by atoms with Crippen molar-refractivity contribution in [1.82, 2.24) is 19.8 Å². The number of nitrogens with one attached hydrogen (secondary N) is 2. The second-order valence-electron chi connectivity index (χ2n) is 19.0. The fourth-order valence-corrected chi connectivity index (χ4v) is 6.49. The number of fused-ring (bicyclic) bond motifs is 2. The van der Waals surface area contributed by atoms with Gasteiger partial charge in [0.05, 0.1) is 25.3 Å². The molecular weight excluding hydrogens is 810 g/mol. The maximum absolute atomic E-state index is 16.9. The van der Waals surface area contributed by atoms with Gasteiger partial charge in [0, 0.05) is 42.0 Å². The van der Waals surface area contributed by atoms with E-state index in [1.54, 1.807) is 90.0 Å². The van der Waals surface area contributed by atoms with Crippen LogP contribution in [0.5, 0.6) is 5.88 Å². The third kappa shape index (κ3) is 12.2. The molecule has 2 aliphatic heterocycles. The molecule has 338 valence electrons. The van der Waals surface area contributed by atoms with E-state index in [9.17, 15) is 24.0 Å². The van der Waals surface area contributed by atoms with Crippen LogP contribution in [-0.4, -0.2) is 118 Å². The summed E-state index contributed by atoms with van der Waals surface area (Å²) >= 11 is 0. The van der Waals surface area contributed by atoms with Gasteiger partial charge in [0.2, 0.25) is 5.88 Å². The zero-order valence-electron chi connectivity index (χ0n) is 37.7. The number of anilines is 3. The second-order valence-corrected chi connectivity index (χ2v) is 19.0. The van der Waals surface area contributed by atoms with Gasteiger partial charge in [0.1, 0.15) is 46.6 Å². The van der Waals surface area contributed by atoms with Crippen molar-refractivity contribution in [3.05, 3.63) is 35.9 Å². The van der Waals surface area contributed by atoms with Crippen LogP contribution in [0.3, 0.4) is 0 Å². The average Bonchev–Trinajstić information content (AvgIpc) is 3.33. The van der Waals surface area contributed by atoms with Gasteiger partial charge in [-0.1, -0.05) is 0 Å². The monoisotopic (exact) mass is 867 g/mol. The largest absolute Gasteiger partial charge is 0.474 e. The SMILES string of the molecule is Cc1c(-c2cc3cc(NC(=O)OC4CN(C(=O)OC(C)(C)C)CCN(C(=O)OC(C)(C)C)C4)ncc3c(NC(=O)OC(C)(C)C)c2F)cnc2c1N(C(=O)OC(C)(C)C)CCO2. The summed E-state index contributed by atoms with van der Waals surface area (Å²) in [6.07, 6.45) is -2.20. The Balaban J connectivity index is 1.51. The van der Waals surface area contributed by atoms with Gasteiger partial charge in [0.25, 0.3) is 0 Å². The number of pyridine rings is 2. The topological polar surface area (TPSA) is 200 Å². The Kier molecular flexibility index (Phi) is 13.4. The molecule has 0 radical (unpaired) electrons. The van der Waals surface area contributed by atoms with Gasteiger partial charge in [-0.3, -0.25) is 15.5 Å². The Labute approximate surface area is 360 Å². The number of halogens is 1. The Morgan fingerprint density at radius 1 is 0.694 bits per heavy atom. The van der Waals surface area contributed by atoms with E-state index in [0.29, 0.717) is 10.9 Å². The zero-order valence-corrected chi connectivity index (χ0v) is 37.7. The number of hydrogen-bond donors (Lipinski definition) is 2. The minimum Gasteiger partial charge on any atom is -0.474 e. The lowest BCUT2D eigenvalue weighted by molar-refractivity contribution is 0.0142. The van der Waals surface area contributed by atoms with Gasteiger partial charge in [0.15, 0.2) is 5.82 Å². The normalized spacial score (nSPS) is 15.2. The summed E-state index contributed by atoms with van der Waals surface area (Å²) < 4.78 is 50.7. The smallest absolute Gasteiger partial charge is 0.415 e. The molecule has 0 unspecified atom stereocenters. The molecule has 0 bridgehead atoms. The van der Waals surface area contributed by atoms with E-state index in [1.165, 1.54) is 39.2 Å². The van der Waals surface area contributed by atoms with Gasteiger partial charge in [-0.05, 0) is 113 Å². The number of ether oxygens (including phenoxy) is 6. The molecule has 18 nitrogen and oxygen atoms in total. The van der Waals surface area contributed by atoms with Crippen LogP contribution in [0.1, 0.15) is 88.6 Å². The number of carbonyl (C=O) groups excluding carboxylic acids is 5. The second kappa shape index (κ2) is 17.7. The number of nitrogens with zero attached hydrogens (tertiary/aromatic N) is 5. The van der Waals surface area contributed by atoms with E-state index >= 15 is 4.39 Å². The fourth-order valence-electron chi connectivity index (χ4n) is 6.49. The molecule has 1 fully saturated rings. The molecule has 3 aromatic rings. The first-order valence-electron chi connectivity index (χ1n) is 20.3. The van der Waals surface area contributed by atoms with Gasteiger partial charge in [-0.25, -0.2) is 38.3 Å². The Hall–Kier alpha value is -6.14. The van der Waals surface area contributed by atoms with Crippen molar-refractivity contribution in [2.45, 2.75) is 119 Å². The third-order valence-corrected chi connectivity index (χ3v) is 8.88. The van der Waals surface area contributed by atoms with Gasteiger partial charge in [-0.2, -0.15) is 0 Å². The summed E-state index contributed by atoms with van der Waals surface area (Å²) in [6.45, 7) is 22.5. The number of amides is 5. The maximum atomic E-state index is 16.9. The van der Waals surface area contributed by atoms with E-state index in [1.807, 2.05) is 0 Å². The molecule has 2 aliphatic rings. The summed E-state index contributed by atoms with van der Waals surface area (Å²) in [5, 5.41) is 5.58. The van der Waals surface area contributed by atoms with Crippen LogP contribution in [-0.2, 0) is 23.7 Å². The highest BCUT2D eigenvalue weighted by Gasteiger charge is 2.36. The van der Waals surface area contributed by atoms with Crippen LogP contribution in [0.2, 0.25) is 0 Å². The van der Waals surface area contributed by atoms with Crippen LogP contribution in [0.15, 0.2) is 24.5 Å². The highest BCUT2D eigenvalue weighted by Crippen LogP contribution is 2.43. The van der Waals surface area contributed by atoms with E-state index in [-0.39, 0.29) is 78.9 Å². The minimum absolute atomic E-state index is 0.0188. The van der Waals surface area contributed by atoms with Crippen molar-refractivity contribution < 1.29 is 56.8 Å². The zero-order chi connectivity index (χ0) is 46.1. The molecule has 5 amide bonds. The Morgan fingerprint density at radius 2 is 1.24 bits per heavy atom. The molecule has 1 aromatic carbocycles. The lowest BCUT2D eigenvalue weighted by atomic mass is 9.96. The first-order chi connectivity index (χ1) is 28.6. The van der Waals surface area contributed by atoms with Crippen LogP contribution in [0.4, 0.5) is 45.6 Å². The number of rotatable bonds is 4. The highest BCUT2D eigenvalue weighted by atomic mass is 19.1. The van der Waals surface area contributed by atoms with E-state index in [4.69, 9.17) is 28.4 Å². The molecule has 62 heavy (non-hydrogen) atoms. The highest BCUT2D eigenvalue weighted by molar-refractivity contribution is 6.05. The molecule has 0 atom stereocenters. The van der Waals surface area contributed by atoms with Gasteiger partial charge < -0.3 is 38.2 Å². The first kappa shape index (κ1) is 46.9. The summed E-state index contributed by atoms with van der Waals surface area (Å²) in [5.41, 5.74) is -2.64. The van der Waals surface area contributed by atoms with Gasteiger partial charge >= 0.3 is 30.5 Å². The molecule has 19 heteroatoms. The van der Waals surface area contributed by atoms with Gasteiger partial charge in [-0.15, -0.1) is 0 Å². The standard InChI is InChI=1S/C43H58FN7O11/c1-24-28(20-46-34-33(24)51(16-17-57-34)39(56)62-43(11,12)13)27-18-25-19-30(45-21-29(25)32(31(27)44)48-36(53)59-40(2,3)4)47-35(52)58-26-22-49(37(54)60-41(5,6)7)14-15-50(23-26)38(55)61-42(8,9)10/h18-21,26H,14-17,22-23H2,1-13H3,(H,48,53)(H,45,47,52). The number of aromatic nitrogens is 2. The predicted molar refractivity (Wildman–Crippen MR) is 228 cm³/mol. The Morgan fingerprint density at radius 3 is 1.79 bits per heavy atom. The van der Waals surface area contributed by atoms with Crippen molar-refractivity contribution in [2.75, 3.05) is 54.9 Å². The molecule has 4 heterocycles. The van der Waals surface area contributed by atoms with Crippen molar-refractivity contribution in [3.8, 4) is 17.0 Å². The van der Waals surface area contributed by atoms with E-state index in [0.717, 1.165) is 0 Å². The summed E-state index contributed by atoms with van der Waals surface area (Å²) in [5.74, 6) is -0.717. The average molecular weight is 868 g/mol. The molecule has 2 N–H and O–H groups in total. The van der Waals surface area contributed by atoms with Crippen molar-refractivity contribution >= 4 is 58.4 Å². The molecule has 5 rings (SSSR count). The van der Waals surface area contributed by atoms with Crippen LogP contribution in [0.25, 0.3) is 21.9 Å². The summed E-state index contributed by atoms with van der Waals surface area (Å²) in [4.78, 5) is 79.1. The van der Waals surface area contributed by atoms with Crippen LogP contribution < -0.4 is 20.3 Å². The minimum atomic E-state index is -1.02. The number of hydrogen-bond acceptors (Lipinski definition) is 13. The summed E-state index contributed by atoms with van der Waals surface area (Å²) in [6, 6.07) is 2.94. The lowest BCUT2D eigenvalue weighted by Gasteiger charge is -2.32. The molecule has 0 aliphatic carbocycles. The molecular formula is C43H58FN7O11. The number of carbonyl (C=O) groups is 5. The van der Waals surface area contributed by atoms with Crippen LogP contribution >= 0.6 is 0 Å². The van der Waals surface area contributed by atoms with E-state index < -0.39 is 64.8 Å². The lowest BCUT2D eigenvalue weighted by Crippen LogP contribution is -2.43. The molecule has 0 spiro atoms. The molecule has 0 saturated carbocycles. The third-order valence-electron chi connectivity index (χ3n) is 8.88. The van der Waals surface area contributed by atoms with Crippen molar-refractivity contribution in [3.63, 3.8) is 0 Å². The Bertz CT molecular complexity index is 2190. The first-order valence-corrected chi connectivity index (χ1v) is 20.3. The summed E-state index contributed by atoms with van der Waals surface area (Å²) in [7, 11) is 0. The molecule has 2 aromatic heterocycles. The van der Waals surface area contributed by atoms with E-state index in [2.05, 4.69) is 20.6 Å². The maximum Gasteiger partial charge on any atom is 0.415 e. The van der Waals surface area contributed by atoms with Crippen molar-refractivity contribution in [1.29, 1.82) is 0 Å². The predicted octanol–water partition coefficient (Wildman–Crippen LogP) is 8.63. The fraction of sp³-hybridized carbons (Fsp3) is 0.558. The quantitative estimate of drug-likeness (QED) is 0.236.